The zero-order valence-corrected chi connectivity index (χ0v) is 16.9. The Kier molecular flexibility index (Phi) is 7.87. The lowest BCUT2D eigenvalue weighted by Crippen LogP contribution is -2.39. The van der Waals surface area contributed by atoms with E-state index in [4.69, 9.17) is 9.47 Å². The fraction of sp³-hybridized carbons (Fsp3) is 0.364. The van der Waals surface area contributed by atoms with Crippen molar-refractivity contribution in [2.24, 2.45) is 0 Å². The van der Waals surface area contributed by atoms with Gasteiger partial charge in [-0.1, -0.05) is 37.3 Å². The monoisotopic (exact) mass is 384 g/mol. The van der Waals surface area contributed by atoms with Crippen LogP contribution in [0.15, 0.2) is 42.5 Å². The first-order valence-electron chi connectivity index (χ1n) is 9.31. The summed E-state index contributed by atoms with van der Waals surface area (Å²) in [4.78, 5) is 23.9. The van der Waals surface area contributed by atoms with Gasteiger partial charge in [0.2, 0.25) is 11.8 Å². The van der Waals surface area contributed by atoms with Crippen molar-refractivity contribution in [3.63, 3.8) is 0 Å². The van der Waals surface area contributed by atoms with Crippen LogP contribution in [-0.4, -0.2) is 32.6 Å². The summed E-state index contributed by atoms with van der Waals surface area (Å²) in [6, 6.07) is 13.4. The second kappa shape index (κ2) is 10.3. The van der Waals surface area contributed by atoms with E-state index >= 15 is 0 Å². The van der Waals surface area contributed by atoms with Gasteiger partial charge in [-0.3, -0.25) is 9.59 Å². The summed E-state index contributed by atoms with van der Waals surface area (Å²) in [6.45, 7) is 3.74. The van der Waals surface area contributed by atoms with Crippen molar-refractivity contribution >= 4 is 11.8 Å². The van der Waals surface area contributed by atoms with Gasteiger partial charge >= 0.3 is 0 Å². The van der Waals surface area contributed by atoms with Gasteiger partial charge in [-0.15, -0.1) is 0 Å². The van der Waals surface area contributed by atoms with Crippen molar-refractivity contribution < 1.29 is 19.1 Å². The summed E-state index contributed by atoms with van der Waals surface area (Å²) in [5.41, 5.74) is 3.19. The number of hydrogen-bond acceptors (Lipinski definition) is 4. The Morgan fingerprint density at radius 2 is 1.71 bits per heavy atom. The van der Waals surface area contributed by atoms with Crippen LogP contribution >= 0.6 is 0 Å². The lowest BCUT2D eigenvalue weighted by atomic mass is 9.95. The average Bonchev–Trinajstić information content (AvgIpc) is 2.72. The molecule has 0 bridgehead atoms. The first kappa shape index (κ1) is 21.3. The van der Waals surface area contributed by atoms with Gasteiger partial charge in [0.1, 0.15) is 0 Å². The van der Waals surface area contributed by atoms with E-state index in [2.05, 4.69) is 10.6 Å². The van der Waals surface area contributed by atoms with Crippen LogP contribution < -0.4 is 20.1 Å². The van der Waals surface area contributed by atoms with Crippen LogP contribution in [0.1, 0.15) is 36.1 Å². The predicted octanol–water partition coefficient (Wildman–Crippen LogP) is 2.94. The smallest absolute Gasteiger partial charge is 0.239 e. The molecule has 0 radical (unpaired) electrons. The molecule has 150 valence electrons. The highest BCUT2D eigenvalue weighted by atomic mass is 16.5. The molecule has 6 heteroatoms. The van der Waals surface area contributed by atoms with Crippen molar-refractivity contribution in [2.75, 3.05) is 20.8 Å². The van der Waals surface area contributed by atoms with E-state index in [1.54, 1.807) is 21.1 Å². The molecule has 0 saturated heterocycles. The minimum absolute atomic E-state index is 0.0514. The van der Waals surface area contributed by atoms with Crippen LogP contribution in [0.25, 0.3) is 0 Å². The molecule has 0 saturated carbocycles. The molecule has 0 fully saturated rings. The normalized spacial score (nSPS) is 11.4. The summed E-state index contributed by atoms with van der Waals surface area (Å²) in [5.74, 6) is 0.831. The number of ether oxygens (including phenoxy) is 2. The average molecular weight is 384 g/mol. The minimum atomic E-state index is -0.271. The van der Waals surface area contributed by atoms with Crippen molar-refractivity contribution in [1.82, 2.24) is 10.6 Å². The van der Waals surface area contributed by atoms with Gasteiger partial charge in [-0.25, -0.2) is 0 Å². The van der Waals surface area contributed by atoms with E-state index in [1.165, 1.54) is 0 Å². The molecule has 2 N–H and O–H groups in total. The van der Waals surface area contributed by atoms with E-state index in [1.807, 2.05) is 49.4 Å². The van der Waals surface area contributed by atoms with Gasteiger partial charge in [0.25, 0.3) is 0 Å². The van der Waals surface area contributed by atoms with Gasteiger partial charge in [-0.2, -0.15) is 0 Å². The molecule has 2 aromatic rings. The van der Waals surface area contributed by atoms with E-state index in [-0.39, 0.29) is 24.4 Å². The van der Waals surface area contributed by atoms with Gasteiger partial charge in [-0.05, 0) is 42.2 Å². The number of rotatable bonds is 9. The molecule has 0 aliphatic heterocycles. The first-order chi connectivity index (χ1) is 13.5. The van der Waals surface area contributed by atoms with Crippen molar-refractivity contribution in [3.8, 4) is 11.5 Å². The quantitative estimate of drug-likeness (QED) is 0.697. The van der Waals surface area contributed by atoms with E-state index in [0.717, 1.165) is 16.7 Å². The molecular weight excluding hydrogens is 356 g/mol. The molecule has 28 heavy (non-hydrogen) atoms. The van der Waals surface area contributed by atoms with Crippen molar-refractivity contribution in [2.45, 2.75) is 32.7 Å². The van der Waals surface area contributed by atoms with E-state index in [9.17, 15) is 9.59 Å². The molecule has 0 aromatic heterocycles. The number of hydrogen-bond donors (Lipinski definition) is 2. The Labute approximate surface area is 166 Å². The van der Waals surface area contributed by atoms with Crippen LogP contribution in [0.5, 0.6) is 11.5 Å². The van der Waals surface area contributed by atoms with Crippen LogP contribution in [-0.2, 0) is 16.0 Å². The summed E-state index contributed by atoms with van der Waals surface area (Å²) in [6.07, 6.45) is 0.964. The lowest BCUT2D eigenvalue weighted by molar-refractivity contribution is -0.126. The summed E-state index contributed by atoms with van der Waals surface area (Å²) >= 11 is 0. The van der Waals surface area contributed by atoms with E-state index in [0.29, 0.717) is 24.3 Å². The molecule has 0 spiro atoms. The molecule has 1 atom stereocenters. The third kappa shape index (κ3) is 5.74. The number of amides is 2. The number of methoxy groups -OCH3 is 2. The Balaban J connectivity index is 2.26. The topological polar surface area (TPSA) is 76.7 Å². The van der Waals surface area contributed by atoms with Gasteiger partial charge in [0.15, 0.2) is 11.5 Å². The molecule has 1 unspecified atom stereocenters. The molecule has 0 aliphatic carbocycles. The van der Waals surface area contributed by atoms with Crippen molar-refractivity contribution in [1.29, 1.82) is 0 Å². The maximum absolute atomic E-state index is 12.4. The molecule has 2 rings (SSSR count). The molecular formula is C22H28N2O4. The van der Waals surface area contributed by atoms with Gasteiger partial charge in [0, 0.05) is 6.42 Å². The minimum Gasteiger partial charge on any atom is -0.493 e. The molecule has 6 nitrogen and oxygen atoms in total. The Hall–Kier alpha value is -3.02. The molecule has 0 heterocycles. The summed E-state index contributed by atoms with van der Waals surface area (Å²) < 4.78 is 10.7. The van der Waals surface area contributed by atoms with Crippen LogP contribution in [0.3, 0.4) is 0 Å². The van der Waals surface area contributed by atoms with Gasteiger partial charge in [0.05, 0.1) is 26.8 Å². The van der Waals surface area contributed by atoms with E-state index < -0.39 is 0 Å². The summed E-state index contributed by atoms with van der Waals surface area (Å²) in [7, 11) is 3.16. The molecule has 2 aromatic carbocycles. The zero-order valence-electron chi connectivity index (χ0n) is 16.9. The fourth-order valence-corrected chi connectivity index (χ4v) is 2.93. The maximum Gasteiger partial charge on any atom is 0.239 e. The molecule has 0 aliphatic rings. The lowest BCUT2D eigenvalue weighted by Gasteiger charge is -2.22. The van der Waals surface area contributed by atoms with Gasteiger partial charge < -0.3 is 20.1 Å². The highest BCUT2D eigenvalue weighted by Crippen LogP contribution is 2.31. The van der Waals surface area contributed by atoms with Crippen molar-refractivity contribution in [3.05, 3.63) is 59.2 Å². The maximum atomic E-state index is 12.4. The highest BCUT2D eigenvalue weighted by molar-refractivity contribution is 5.84. The molecule has 2 amide bonds. The second-order valence-corrected chi connectivity index (χ2v) is 6.50. The Morgan fingerprint density at radius 1 is 1.00 bits per heavy atom. The fourth-order valence-electron chi connectivity index (χ4n) is 2.93. The zero-order chi connectivity index (χ0) is 20.5. The largest absolute Gasteiger partial charge is 0.493 e. The first-order valence-corrected chi connectivity index (χ1v) is 9.31. The summed E-state index contributed by atoms with van der Waals surface area (Å²) in [5, 5.41) is 5.64. The third-order valence-electron chi connectivity index (χ3n) is 4.60. The number of benzene rings is 2. The predicted molar refractivity (Wildman–Crippen MR) is 109 cm³/mol. The third-order valence-corrected chi connectivity index (χ3v) is 4.60. The standard InChI is InChI=1S/C22H28N2O4/c1-5-21(25)23-14-22(26)24-18(12-16-9-7-6-8-15(16)2)17-10-11-19(27-3)20(13-17)28-4/h6-11,13,18H,5,12,14H2,1-4H3,(H,23,25)(H,24,26). The highest BCUT2D eigenvalue weighted by Gasteiger charge is 2.18. The van der Waals surface area contributed by atoms with Crippen LogP contribution in [0.4, 0.5) is 0 Å². The Bertz CT molecular complexity index is 820. The SMILES string of the molecule is CCC(=O)NCC(=O)NC(Cc1ccccc1C)c1ccc(OC)c(OC)c1. The Morgan fingerprint density at radius 3 is 2.36 bits per heavy atom. The number of carbonyl (C=O) groups is 2. The second-order valence-electron chi connectivity index (χ2n) is 6.50. The van der Waals surface area contributed by atoms with Crippen LogP contribution in [0.2, 0.25) is 0 Å². The number of aryl methyl sites for hydroxylation is 1. The number of nitrogens with one attached hydrogen (secondary N) is 2. The number of carbonyl (C=O) groups excluding carboxylic acids is 2. The van der Waals surface area contributed by atoms with Crippen LogP contribution in [0, 0.1) is 6.92 Å².